The zero-order valence-electron chi connectivity index (χ0n) is 16.5. The third-order valence-corrected chi connectivity index (χ3v) is 5.74. The van der Waals surface area contributed by atoms with Crippen molar-refractivity contribution in [3.8, 4) is 0 Å². The van der Waals surface area contributed by atoms with Crippen LogP contribution in [0.25, 0.3) is 17.0 Å². The fourth-order valence-electron chi connectivity index (χ4n) is 3.78. The Morgan fingerprint density at radius 2 is 1.76 bits per heavy atom. The minimum atomic E-state index is -0.474. The number of carbonyl (C=O) groups excluding carboxylic acids is 2. The Morgan fingerprint density at radius 1 is 1.07 bits per heavy atom. The highest BCUT2D eigenvalue weighted by Gasteiger charge is 2.35. The first-order valence-electron chi connectivity index (χ1n) is 9.47. The summed E-state index contributed by atoms with van der Waals surface area (Å²) in [7, 11) is 1.97. The minimum absolute atomic E-state index is 0.0731. The number of rotatable bonds is 3. The van der Waals surface area contributed by atoms with E-state index in [1.165, 1.54) is 4.90 Å². The van der Waals surface area contributed by atoms with Gasteiger partial charge in [-0.05, 0) is 49.3 Å². The SMILES string of the molecule is CCc1ccccc1N1C(=O)/C(=C\c2c(C)n(C)c3ccccc23)C(=O)NC1=S. The molecule has 29 heavy (non-hydrogen) atoms. The number of amides is 2. The van der Waals surface area contributed by atoms with Crippen LogP contribution < -0.4 is 10.2 Å². The highest BCUT2D eigenvalue weighted by atomic mass is 32.1. The summed E-state index contributed by atoms with van der Waals surface area (Å²) < 4.78 is 2.06. The molecule has 3 aromatic rings. The first kappa shape index (κ1) is 19.1. The van der Waals surface area contributed by atoms with E-state index >= 15 is 0 Å². The van der Waals surface area contributed by atoms with Crippen LogP contribution in [0.5, 0.6) is 0 Å². The topological polar surface area (TPSA) is 54.3 Å². The predicted molar refractivity (Wildman–Crippen MR) is 120 cm³/mol. The number of carbonyl (C=O) groups is 2. The molecule has 1 fully saturated rings. The van der Waals surface area contributed by atoms with Crippen LogP contribution in [0.15, 0.2) is 54.1 Å². The van der Waals surface area contributed by atoms with Gasteiger partial charge in [-0.2, -0.15) is 0 Å². The smallest absolute Gasteiger partial charge is 0.270 e. The molecule has 1 aliphatic rings. The van der Waals surface area contributed by atoms with Gasteiger partial charge in [0, 0.05) is 29.2 Å². The van der Waals surface area contributed by atoms with Crippen molar-refractivity contribution in [2.24, 2.45) is 7.05 Å². The zero-order chi connectivity index (χ0) is 20.7. The van der Waals surface area contributed by atoms with Gasteiger partial charge < -0.3 is 4.57 Å². The summed E-state index contributed by atoms with van der Waals surface area (Å²) in [6.07, 6.45) is 2.43. The lowest BCUT2D eigenvalue weighted by Gasteiger charge is -2.30. The van der Waals surface area contributed by atoms with E-state index in [9.17, 15) is 9.59 Å². The second-order valence-electron chi connectivity index (χ2n) is 7.02. The highest BCUT2D eigenvalue weighted by Crippen LogP contribution is 2.30. The molecule has 0 bridgehead atoms. The lowest BCUT2D eigenvalue weighted by Crippen LogP contribution is -2.54. The van der Waals surface area contributed by atoms with Crippen LogP contribution in [0, 0.1) is 6.92 Å². The molecule has 1 aromatic heterocycles. The average molecular weight is 404 g/mol. The number of hydrogen-bond donors (Lipinski definition) is 1. The molecule has 0 radical (unpaired) electrons. The Labute approximate surface area is 174 Å². The van der Waals surface area contributed by atoms with Crippen molar-refractivity contribution in [2.45, 2.75) is 20.3 Å². The molecule has 1 saturated heterocycles. The zero-order valence-corrected chi connectivity index (χ0v) is 17.3. The first-order valence-corrected chi connectivity index (χ1v) is 9.88. The standard InChI is InChI=1S/C23H21N3O2S/c1-4-15-9-5-7-11-19(15)26-22(28)18(21(27)24-23(26)29)13-17-14(2)25(3)20-12-8-6-10-16(17)20/h5-13H,4H2,1-3H3,(H,24,27,29)/b18-13-. The molecule has 146 valence electrons. The number of benzene rings is 2. The van der Waals surface area contributed by atoms with Crippen molar-refractivity contribution in [3.05, 3.63) is 70.9 Å². The molecule has 0 unspecified atom stereocenters. The molecule has 2 aromatic carbocycles. The fourth-order valence-corrected chi connectivity index (χ4v) is 4.05. The number of fused-ring (bicyclic) bond motifs is 1. The van der Waals surface area contributed by atoms with Crippen molar-refractivity contribution in [3.63, 3.8) is 0 Å². The van der Waals surface area contributed by atoms with E-state index in [0.717, 1.165) is 34.1 Å². The van der Waals surface area contributed by atoms with E-state index in [2.05, 4.69) is 9.88 Å². The summed E-state index contributed by atoms with van der Waals surface area (Å²) in [6, 6.07) is 15.5. The molecular weight excluding hydrogens is 382 g/mol. The number of nitrogens with zero attached hydrogens (tertiary/aromatic N) is 2. The van der Waals surface area contributed by atoms with Crippen LogP contribution in [-0.2, 0) is 23.1 Å². The monoisotopic (exact) mass is 403 g/mol. The second kappa shape index (κ2) is 7.29. The van der Waals surface area contributed by atoms with Gasteiger partial charge in [0.1, 0.15) is 5.57 Å². The van der Waals surface area contributed by atoms with Crippen LogP contribution in [0.2, 0.25) is 0 Å². The van der Waals surface area contributed by atoms with E-state index in [4.69, 9.17) is 12.2 Å². The summed E-state index contributed by atoms with van der Waals surface area (Å²) >= 11 is 5.34. The molecule has 2 heterocycles. The molecule has 6 heteroatoms. The molecular formula is C23H21N3O2S. The van der Waals surface area contributed by atoms with Gasteiger partial charge in [0.05, 0.1) is 5.69 Å². The van der Waals surface area contributed by atoms with Gasteiger partial charge in [-0.1, -0.05) is 43.3 Å². The Hall–Kier alpha value is -3.25. The van der Waals surface area contributed by atoms with Gasteiger partial charge in [-0.25, -0.2) is 0 Å². The normalized spacial score (nSPS) is 16.0. The van der Waals surface area contributed by atoms with Crippen molar-refractivity contribution in [1.82, 2.24) is 9.88 Å². The lowest BCUT2D eigenvalue weighted by atomic mass is 10.0. The Balaban J connectivity index is 1.87. The van der Waals surface area contributed by atoms with Gasteiger partial charge in [-0.15, -0.1) is 0 Å². The maximum absolute atomic E-state index is 13.4. The first-order chi connectivity index (χ1) is 13.9. The van der Waals surface area contributed by atoms with Crippen molar-refractivity contribution < 1.29 is 9.59 Å². The predicted octanol–water partition coefficient (Wildman–Crippen LogP) is 3.88. The quantitative estimate of drug-likeness (QED) is 0.410. The number of thiocarbonyl (C=S) groups is 1. The summed E-state index contributed by atoms with van der Waals surface area (Å²) in [6.45, 7) is 4.00. The largest absolute Gasteiger partial charge is 0.347 e. The van der Waals surface area contributed by atoms with Crippen LogP contribution in [-0.4, -0.2) is 21.5 Å². The van der Waals surface area contributed by atoms with Crippen LogP contribution in [0.3, 0.4) is 0 Å². The molecule has 2 amide bonds. The van der Waals surface area contributed by atoms with E-state index in [-0.39, 0.29) is 10.7 Å². The maximum Gasteiger partial charge on any atom is 0.270 e. The Morgan fingerprint density at radius 3 is 2.52 bits per heavy atom. The third-order valence-electron chi connectivity index (χ3n) is 5.45. The van der Waals surface area contributed by atoms with Crippen molar-refractivity contribution >= 4 is 51.8 Å². The van der Waals surface area contributed by atoms with Crippen LogP contribution in [0.4, 0.5) is 5.69 Å². The summed E-state index contributed by atoms with van der Waals surface area (Å²) in [5.41, 5.74) is 4.64. The molecule has 5 nitrogen and oxygen atoms in total. The number of anilines is 1. The highest BCUT2D eigenvalue weighted by molar-refractivity contribution is 7.80. The van der Waals surface area contributed by atoms with Gasteiger partial charge in [0.15, 0.2) is 5.11 Å². The van der Waals surface area contributed by atoms with Gasteiger partial charge in [-0.3, -0.25) is 19.8 Å². The molecule has 0 spiro atoms. The summed E-state index contributed by atoms with van der Waals surface area (Å²) in [4.78, 5) is 27.5. The van der Waals surface area contributed by atoms with Gasteiger partial charge in [0.25, 0.3) is 11.8 Å². The van der Waals surface area contributed by atoms with Crippen molar-refractivity contribution in [2.75, 3.05) is 4.90 Å². The summed E-state index contributed by atoms with van der Waals surface area (Å²) in [5, 5.41) is 3.78. The third kappa shape index (κ3) is 3.06. The van der Waals surface area contributed by atoms with Crippen LogP contribution in [0.1, 0.15) is 23.7 Å². The number of aryl methyl sites for hydroxylation is 2. The van der Waals surface area contributed by atoms with E-state index in [0.29, 0.717) is 5.69 Å². The molecule has 0 atom stereocenters. The molecule has 0 aliphatic carbocycles. The molecule has 1 N–H and O–H groups in total. The maximum atomic E-state index is 13.4. The number of para-hydroxylation sites is 2. The van der Waals surface area contributed by atoms with Gasteiger partial charge in [0.2, 0.25) is 0 Å². The van der Waals surface area contributed by atoms with E-state index in [1.807, 2.05) is 69.4 Å². The molecule has 1 aliphatic heterocycles. The Kier molecular flexibility index (Phi) is 4.80. The van der Waals surface area contributed by atoms with Crippen LogP contribution >= 0.6 is 12.2 Å². The fraction of sp³-hybridized carbons (Fsp3) is 0.174. The molecule has 0 saturated carbocycles. The Bertz CT molecular complexity index is 1210. The van der Waals surface area contributed by atoms with Crippen molar-refractivity contribution in [1.29, 1.82) is 0 Å². The van der Waals surface area contributed by atoms with E-state index in [1.54, 1.807) is 6.08 Å². The van der Waals surface area contributed by atoms with Gasteiger partial charge >= 0.3 is 0 Å². The number of aromatic nitrogens is 1. The second-order valence-corrected chi connectivity index (χ2v) is 7.40. The number of hydrogen-bond acceptors (Lipinski definition) is 3. The number of nitrogens with one attached hydrogen (secondary N) is 1. The molecule has 4 rings (SSSR count). The lowest BCUT2D eigenvalue weighted by molar-refractivity contribution is -0.122. The minimum Gasteiger partial charge on any atom is -0.347 e. The van der Waals surface area contributed by atoms with E-state index < -0.39 is 11.8 Å². The summed E-state index contributed by atoms with van der Waals surface area (Å²) in [5.74, 6) is -0.885. The average Bonchev–Trinajstić information content (AvgIpc) is 2.96.